The van der Waals surface area contributed by atoms with Crippen molar-refractivity contribution >= 4 is 35.1 Å². The number of aromatic nitrogens is 1. The molecule has 0 bridgehead atoms. The van der Waals surface area contributed by atoms with Gasteiger partial charge in [0.05, 0.1) is 5.56 Å². The van der Waals surface area contributed by atoms with Gasteiger partial charge in [0.15, 0.2) is 0 Å². The summed E-state index contributed by atoms with van der Waals surface area (Å²) in [6.45, 7) is 4.12. The van der Waals surface area contributed by atoms with Crippen LogP contribution in [-0.2, 0) is 0 Å². The van der Waals surface area contributed by atoms with Crippen molar-refractivity contribution < 1.29 is 9.59 Å². The van der Waals surface area contributed by atoms with Gasteiger partial charge in [-0.2, -0.15) is 0 Å². The van der Waals surface area contributed by atoms with Gasteiger partial charge in [0.1, 0.15) is 5.03 Å². The number of rotatable bonds is 6. The van der Waals surface area contributed by atoms with Crippen LogP contribution in [0.5, 0.6) is 0 Å². The summed E-state index contributed by atoms with van der Waals surface area (Å²) in [4.78, 5) is 28.6. The van der Waals surface area contributed by atoms with Crippen molar-refractivity contribution in [3.63, 3.8) is 0 Å². The number of amides is 3. The standard InChI is InChI=1S/C19H22N4O2S/c1-12(2)26-18-16(4-3-11-20-18)17(24)21-13-5-7-14(8-6-13)22-19(25)23-15-9-10-15/h3-8,11-12,15H,9-10H2,1-2H3,(H,21,24)(H2,22,23,25). The third kappa shape index (κ3) is 5.23. The summed E-state index contributed by atoms with van der Waals surface area (Å²) in [6, 6.07) is 10.7. The van der Waals surface area contributed by atoms with Gasteiger partial charge in [-0.3, -0.25) is 4.79 Å². The monoisotopic (exact) mass is 370 g/mol. The van der Waals surface area contributed by atoms with Crippen LogP contribution in [0.3, 0.4) is 0 Å². The molecule has 0 spiro atoms. The largest absolute Gasteiger partial charge is 0.335 e. The fraction of sp³-hybridized carbons (Fsp3) is 0.316. The lowest BCUT2D eigenvalue weighted by molar-refractivity contribution is 0.102. The molecule has 0 saturated heterocycles. The highest BCUT2D eigenvalue weighted by molar-refractivity contribution is 7.99. The first kappa shape index (κ1) is 18.3. The average Bonchev–Trinajstić information content (AvgIpc) is 3.40. The Morgan fingerprint density at radius 1 is 1.08 bits per heavy atom. The second-order valence-electron chi connectivity index (χ2n) is 6.43. The molecule has 26 heavy (non-hydrogen) atoms. The molecule has 6 nitrogen and oxygen atoms in total. The van der Waals surface area contributed by atoms with Gasteiger partial charge in [-0.25, -0.2) is 9.78 Å². The fourth-order valence-corrected chi connectivity index (χ4v) is 3.15. The molecule has 1 saturated carbocycles. The first-order valence-electron chi connectivity index (χ1n) is 8.62. The predicted octanol–water partition coefficient (Wildman–Crippen LogP) is 4.12. The van der Waals surface area contributed by atoms with E-state index in [-0.39, 0.29) is 11.9 Å². The SMILES string of the molecule is CC(C)Sc1ncccc1C(=O)Nc1ccc(NC(=O)NC2CC2)cc1. The van der Waals surface area contributed by atoms with Crippen LogP contribution in [0.1, 0.15) is 37.0 Å². The minimum Gasteiger partial charge on any atom is -0.335 e. The number of anilines is 2. The van der Waals surface area contributed by atoms with Gasteiger partial charge in [-0.1, -0.05) is 13.8 Å². The maximum atomic E-state index is 12.6. The summed E-state index contributed by atoms with van der Waals surface area (Å²) in [5.74, 6) is -0.201. The quantitative estimate of drug-likeness (QED) is 0.668. The summed E-state index contributed by atoms with van der Waals surface area (Å²) < 4.78 is 0. The maximum absolute atomic E-state index is 12.6. The number of hydrogen-bond donors (Lipinski definition) is 3. The second kappa shape index (κ2) is 8.23. The zero-order chi connectivity index (χ0) is 18.5. The first-order chi connectivity index (χ1) is 12.5. The van der Waals surface area contributed by atoms with Crippen molar-refractivity contribution in [2.24, 2.45) is 0 Å². The number of benzene rings is 1. The van der Waals surface area contributed by atoms with Gasteiger partial charge < -0.3 is 16.0 Å². The van der Waals surface area contributed by atoms with Crippen molar-refractivity contribution in [1.82, 2.24) is 10.3 Å². The summed E-state index contributed by atoms with van der Waals surface area (Å²) in [6.07, 6.45) is 3.78. The van der Waals surface area contributed by atoms with E-state index in [2.05, 4.69) is 34.8 Å². The highest BCUT2D eigenvalue weighted by atomic mass is 32.2. The lowest BCUT2D eigenvalue weighted by Crippen LogP contribution is -2.30. The molecule has 1 aliphatic carbocycles. The molecule has 0 unspecified atom stereocenters. The van der Waals surface area contributed by atoms with Crippen LogP contribution in [0.25, 0.3) is 0 Å². The van der Waals surface area contributed by atoms with Crippen molar-refractivity contribution in [3.05, 3.63) is 48.2 Å². The Labute approximate surface area is 157 Å². The topological polar surface area (TPSA) is 83.1 Å². The van der Waals surface area contributed by atoms with Gasteiger partial charge in [-0.15, -0.1) is 11.8 Å². The van der Waals surface area contributed by atoms with Crippen LogP contribution in [0.2, 0.25) is 0 Å². The molecule has 7 heteroatoms. The predicted molar refractivity (Wildman–Crippen MR) is 105 cm³/mol. The van der Waals surface area contributed by atoms with Crippen molar-refractivity contribution in [2.75, 3.05) is 10.6 Å². The highest BCUT2D eigenvalue weighted by Gasteiger charge is 2.23. The van der Waals surface area contributed by atoms with E-state index in [1.54, 1.807) is 54.4 Å². The molecule has 136 valence electrons. The molecule has 0 radical (unpaired) electrons. The number of nitrogens with one attached hydrogen (secondary N) is 3. The normalized spacial score (nSPS) is 13.3. The number of carbonyl (C=O) groups is 2. The Kier molecular flexibility index (Phi) is 5.78. The molecule has 1 aromatic carbocycles. The zero-order valence-corrected chi connectivity index (χ0v) is 15.6. The van der Waals surface area contributed by atoms with E-state index in [1.807, 2.05) is 0 Å². The van der Waals surface area contributed by atoms with E-state index in [0.717, 1.165) is 17.9 Å². The molecule has 1 aliphatic rings. The van der Waals surface area contributed by atoms with Crippen LogP contribution in [0.15, 0.2) is 47.6 Å². The molecular formula is C19H22N4O2S. The zero-order valence-electron chi connectivity index (χ0n) is 14.8. The summed E-state index contributed by atoms with van der Waals surface area (Å²) in [7, 11) is 0. The Morgan fingerprint density at radius 3 is 2.35 bits per heavy atom. The van der Waals surface area contributed by atoms with Gasteiger partial charge in [0.25, 0.3) is 5.91 Å². The van der Waals surface area contributed by atoms with Gasteiger partial charge >= 0.3 is 6.03 Å². The Hall–Kier alpha value is -2.54. The van der Waals surface area contributed by atoms with Crippen LogP contribution >= 0.6 is 11.8 Å². The summed E-state index contributed by atoms with van der Waals surface area (Å²) in [5.41, 5.74) is 1.89. The molecule has 0 aliphatic heterocycles. The van der Waals surface area contributed by atoms with E-state index in [9.17, 15) is 9.59 Å². The van der Waals surface area contributed by atoms with Gasteiger partial charge in [0.2, 0.25) is 0 Å². The minimum atomic E-state index is -0.201. The molecule has 1 aromatic heterocycles. The van der Waals surface area contributed by atoms with Crippen molar-refractivity contribution in [2.45, 2.75) is 43.0 Å². The number of nitrogens with zero attached hydrogens (tertiary/aromatic N) is 1. The molecule has 3 amide bonds. The number of pyridine rings is 1. The number of carbonyl (C=O) groups excluding carboxylic acids is 2. The fourth-order valence-electron chi connectivity index (χ4n) is 2.30. The van der Waals surface area contributed by atoms with Gasteiger partial charge in [-0.05, 0) is 49.2 Å². The molecule has 1 fully saturated rings. The highest BCUT2D eigenvalue weighted by Crippen LogP contribution is 2.25. The summed E-state index contributed by atoms with van der Waals surface area (Å²) in [5, 5.41) is 9.57. The molecule has 3 rings (SSSR count). The van der Waals surface area contributed by atoms with Gasteiger partial charge in [0, 0.05) is 28.9 Å². The first-order valence-corrected chi connectivity index (χ1v) is 9.50. The van der Waals surface area contributed by atoms with E-state index in [1.165, 1.54) is 0 Å². The van der Waals surface area contributed by atoms with E-state index in [0.29, 0.717) is 28.2 Å². The molecule has 2 aromatic rings. The number of thioether (sulfide) groups is 1. The van der Waals surface area contributed by atoms with E-state index >= 15 is 0 Å². The molecule has 3 N–H and O–H groups in total. The lowest BCUT2D eigenvalue weighted by atomic mass is 10.2. The number of urea groups is 1. The van der Waals surface area contributed by atoms with E-state index < -0.39 is 0 Å². The lowest BCUT2D eigenvalue weighted by Gasteiger charge is -2.11. The Morgan fingerprint density at radius 2 is 1.73 bits per heavy atom. The van der Waals surface area contributed by atoms with Crippen LogP contribution < -0.4 is 16.0 Å². The third-order valence-electron chi connectivity index (χ3n) is 3.68. The Bertz CT molecular complexity index is 788. The van der Waals surface area contributed by atoms with Crippen LogP contribution in [0.4, 0.5) is 16.2 Å². The molecule has 1 heterocycles. The number of hydrogen-bond acceptors (Lipinski definition) is 4. The van der Waals surface area contributed by atoms with Crippen molar-refractivity contribution in [3.8, 4) is 0 Å². The molecular weight excluding hydrogens is 348 g/mol. The van der Waals surface area contributed by atoms with Crippen LogP contribution in [-0.4, -0.2) is 28.2 Å². The maximum Gasteiger partial charge on any atom is 0.319 e. The van der Waals surface area contributed by atoms with E-state index in [4.69, 9.17) is 0 Å². The third-order valence-corrected chi connectivity index (χ3v) is 4.70. The Balaban J connectivity index is 1.61. The average molecular weight is 370 g/mol. The van der Waals surface area contributed by atoms with Crippen molar-refractivity contribution in [1.29, 1.82) is 0 Å². The minimum absolute atomic E-state index is 0.199. The second-order valence-corrected chi connectivity index (χ2v) is 7.99. The molecule has 0 atom stereocenters. The summed E-state index contributed by atoms with van der Waals surface area (Å²) >= 11 is 1.56. The smallest absolute Gasteiger partial charge is 0.319 e. The van der Waals surface area contributed by atoms with Crippen LogP contribution in [0, 0.1) is 0 Å².